The molecule has 0 saturated carbocycles. The van der Waals surface area contributed by atoms with Crippen molar-refractivity contribution in [3.63, 3.8) is 0 Å². The second kappa shape index (κ2) is 4.82. The van der Waals surface area contributed by atoms with Gasteiger partial charge in [0, 0.05) is 18.7 Å². The molecule has 3 N–H and O–H groups in total. The lowest BCUT2D eigenvalue weighted by Gasteiger charge is -2.04. The SMILES string of the molecule is C#CCCNS(=O)(=O)c1ccc(N)cc1. The molecule has 1 rings (SSSR count). The zero-order valence-corrected chi connectivity index (χ0v) is 8.92. The number of sulfonamides is 1. The maximum atomic E-state index is 11.6. The first-order valence-corrected chi connectivity index (χ1v) is 5.83. The molecule has 0 aliphatic heterocycles. The summed E-state index contributed by atoms with van der Waals surface area (Å²) < 4.78 is 25.6. The largest absolute Gasteiger partial charge is 0.399 e. The van der Waals surface area contributed by atoms with Crippen molar-refractivity contribution < 1.29 is 8.42 Å². The van der Waals surface area contributed by atoms with Crippen LogP contribution in [0.5, 0.6) is 0 Å². The first kappa shape index (κ1) is 11.6. The number of anilines is 1. The summed E-state index contributed by atoms with van der Waals surface area (Å²) in [5.41, 5.74) is 5.98. The average molecular weight is 224 g/mol. The molecule has 0 aliphatic carbocycles. The molecule has 0 atom stereocenters. The molecule has 0 fully saturated rings. The minimum Gasteiger partial charge on any atom is -0.399 e. The summed E-state index contributed by atoms with van der Waals surface area (Å²) >= 11 is 0. The van der Waals surface area contributed by atoms with Crippen molar-refractivity contribution in [1.29, 1.82) is 0 Å². The Kier molecular flexibility index (Phi) is 3.72. The van der Waals surface area contributed by atoms with Crippen LogP contribution in [0.1, 0.15) is 6.42 Å². The van der Waals surface area contributed by atoms with Crippen molar-refractivity contribution in [2.45, 2.75) is 11.3 Å². The molecule has 0 aromatic heterocycles. The normalized spacial score (nSPS) is 10.9. The molecule has 1 aromatic carbocycles. The third-order valence-electron chi connectivity index (χ3n) is 1.75. The molecule has 0 spiro atoms. The molecular weight excluding hydrogens is 212 g/mol. The summed E-state index contributed by atoms with van der Waals surface area (Å²) in [6, 6.07) is 5.98. The van der Waals surface area contributed by atoms with Crippen molar-refractivity contribution in [2.75, 3.05) is 12.3 Å². The summed E-state index contributed by atoms with van der Waals surface area (Å²) in [7, 11) is -3.45. The lowest BCUT2D eigenvalue weighted by atomic mass is 10.3. The standard InChI is InChI=1S/C10H12N2O2S/c1-2-3-8-12-15(13,14)10-6-4-9(11)5-7-10/h1,4-7,12H,3,8,11H2. The van der Waals surface area contributed by atoms with Crippen LogP contribution in [-0.2, 0) is 10.0 Å². The van der Waals surface area contributed by atoms with Crippen LogP contribution in [0, 0.1) is 12.3 Å². The topological polar surface area (TPSA) is 72.2 Å². The number of nitrogens with two attached hydrogens (primary N) is 1. The monoisotopic (exact) mass is 224 g/mol. The van der Waals surface area contributed by atoms with Gasteiger partial charge in [-0.3, -0.25) is 0 Å². The molecule has 0 radical (unpaired) electrons. The predicted octanol–water partition coefficient (Wildman–Crippen LogP) is 0.570. The van der Waals surface area contributed by atoms with Gasteiger partial charge in [0.2, 0.25) is 10.0 Å². The highest BCUT2D eigenvalue weighted by atomic mass is 32.2. The fourth-order valence-corrected chi connectivity index (χ4v) is 2.02. The molecule has 0 aliphatic rings. The zero-order chi connectivity index (χ0) is 11.3. The van der Waals surface area contributed by atoms with E-state index in [9.17, 15) is 8.42 Å². The van der Waals surface area contributed by atoms with Crippen LogP contribution >= 0.6 is 0 Å². The minimum atomic E-state index is -3.45. The van der Waals surface area contributed by atoms with Gasteiger partial charge in [0.15, 0.2) is 0 Å². The Hall–Kier alpha value is -1.51. The number of hydrogen-bond donors (Lipinski definition) is 2. The van der Waals surface area contributed by atoms with E-state index >= 15 is 0 Å². The summed E-state index contributed by atoms with van der Waals surface area (Å²) in [5.74, 6) is 2.35. The number of nitrogen functional groups attached to an aromatic ring is 1. The Morgan fingerprint density at radius 3 is 2.47 bits per heavy atom. The molecule has 0 bridgehead atoms. The minimum absolute atomic E-state index is 0.189. The van der Waals surface area contributed by atoms with Gasteiger partial charge in [-0.1, -0.05) is 0 Å². The van der Waals surface area contributed by atoms with E-state index in [2.05, 4.69) is 10.6 Å². The van der Waals surface area contributed by atoms with Gasteiger partial charge < -0.3 is 5.73 Å². The predicted molar refractivity (Wildman–Crippen MR) is 59.5 cm³/mol. The van der Waals surface area contributed by atoms with Crippen LogP contribution in [0.25, 0.3) is 0 Å². The van der Waals surface area contributed by atoms with Crippen LogP contribution in [-0.4, -0.2) is 15.0 Å². The average Bonchev–Trinajstić information content (AvgIpc) is 2.18. The molecule has 0 saturated heterocycles. The van der Waals surface area contributed by atoms with E-state index in [0.717, 1.165) is 0 Å². The summed E-state index contributed by atoms with van der Waals surface area (Å²) in [6.07, 6.45) is 5.38. The Morgan fingerprint density at radius 1 is 1.33 bits per heavy atom. The van der Waals surface area contributed by atoms with E-state index < -0.39 is 10.0 Å². The van der Waals surface area contributed by atoms with Gasteiger partial charge in [-0.05, 0) is 24.3 Å². The van der Waals surface area contributed by atoms with Gasteiger partial charge in [0.05, 0.1) is 4.90 Å². The lowest BCUT2D eigenvalue weighted by molar-refractivity contribution is 0.582. The summed E-state index contributed by atoms with van der Waals surface area (Å²) in [6.45, 7) is 0.239. The quantitative estimate of drug-likeness (QED) is 0.446. The van der Waals surface area contributed by atoms with Gasteiger partial charge in [-0.2, -0.15) is 0 Å². The Labute approximate surface area is 89.5 Å². The van der Waals surface area contributed by atoms with E-state index in [1.807, 2.05) is 0 Å². The lowest BCUT2D eigenvalue weighted by Crippen LogP contribution is -2.24. The second-order valence-corrected chi connectivity index (χ2v) is 4.69. The number of hydrogen-bond acceptors (Lipinski definition) is 3. The van der Waals surface area contributed by atoms with Crippen molar-refractivity contribution in [1.82, 2.24) is 4.72 Å². The molecule has 1 aromatic rings. The van der Waals surface area contributed by atoms with Crippen LogP contribution in [0.4, 0.5) is 5.69 Å². The molecule has 5 heteroatoms. The van der Waals surface area contributed by atoms with Gasteiger partial charge in [0.25, 0.3) is 0 Å². The van der Waals surface area contributed by atoms with Gasteiger partial charge in [-0.25, -0.2) is 13.1 Å². The van der Waals surface area contributed by atoms with Gasteiger partial charge in [0.1, 0.15) is 0 Å². The maximum Gasteiger partial charge on any atom is 0.240 e. The first-order valence-electron chi connectivity index (χ1n) is 4.35. The maximum absolute atomic E-state index is 11.6. The van der Waals surface area contributed by atoms with Crippen LogP contribution < -0.4 is 10.5 Å². The number of nitrogens with one attached hydrogen (secondary N) is 1. The Balaban J connectivity index is 2.79. The summed E-state index contributed by atoms with van der Waals surface area (Å²) in [4.78, 5) is 0.189. The van der Waals surface area contributed by atoms with Gasteiger partial charge in [-0.15, -0.1) is 12.3 Å². The number of rotatable bonds is 4. The van der Waals surface area contributed by atoms with E-state index in [4.69, 9.17) is 12.2 Å². The van der Waals surface area contributed by atoms with E-state index in [1.165, 1.54) is 24.3 Å². The van der Waals surface area contributed by atoms with Crippen LogP contribution in [0.15, 0.2) is 29.2 Å². The molecule has 80 valence electrons. The Bertz CT molecular complexity index is 457. The molecule has 0 amide bonds. The highest BCUT2D eigenvalue weighted by Crippen LogP contribution is 2.10. The van der Waals surface area contributed by atoms with Crippen molar-refractivity contribution in [3.8, 4) is 12.3 Å². The fraction of sp³-hybridized carbons (Fsp3) is 0.200. The van der Waals surface area contributed by atoms with Crippen LogP contribution in [0.3, 0.4) is 0 Å². The number of benzene rings is 1. The third kappa shape index (κ3) is 3.27. The second-order valence-electron chi connectivity index (χ2n) is 2.92. The molecule has 0 unspecified atom stereocenters. The zero-order valence-electron chi connectivity index (χ0n) is 8.10. The highest BCUT2D eigenvalue weighted by Gasteiger charge is 2.11. The van der Waals surface area contributed by atoms with Crippen LogP contribution in [0.2, 0.25) is 0 Å². The van der Waals surface area contributed by atoms with E-state index in [0.29, 0.717) is 12.1 Å². The molecule has 4 nitrogen and oxygen atoms in total. The summed E-state index contributed by atoms with van der Waals surface area (Å²) in [5, 5.41) is 0. The van der Waals surface area contributed by atoms with Gasteiger partial charge >= 0.3 is 0 Å². The molecular formula is C10H12N2O2S. The first-order chi connectivity index (χ1) is 7.06. The van der Waals surface area contributed by atoms with E-state index in [-0.39, 0.29) is 11.4 Å². The fourth-order valence-electron chi connectivity index (χ4n) is 0.988. The van der Waals surface area contributed by atoms with Crippen molar-refractivity contribution in [2.24, 2.45) is 0 Å². The highest BCUT2D eigenvalue weighted by molar-refractivity contribution is 7.89. The van der Waals surface area contributed by atoms with E-state index in [1.54, 1.807) is 0 Å². The number of terminal acetylenes is 1. The van der Waals surface area contributed by atoms with Crippen molar-refractivity contribution >= 4 is 15.7 Å². The Morgan fingerprint density at radius 2 is 1.93 bits per heavy atom. The molecule has 0 heterocycles. The smallest absolute Gasteiger partial charge is 0.240 e. The van der Waals surface area contributed by atoms with Crippen molar-refractivity contribution in [3.05, 3.63) is 24.3 Å². The molecule has 15 heavy (non-hydrogen) atoms. The third-order valence-corrected chi connectivity index (χ3v) is 3.23.